The van der Waals surface area contributed by atoms with Crippen LogP contribution in [0.3, 0.4) is 0 Å². The van der Waals surface area contributed by atoms with Crippen LogP contribution in [0.5, 0.6) is 5.75 Å². The van der Waals surface area contributed by atoms with Crippen molar-refractivity contribution in [3.05, 3.63) is 27.7 Å². The number of hydrogen-bond donors (Lipinski definition) is 1. The molecule has 0 bridgehead atoms. The summed E-state index contributed by atoms with van der Waals surface area (Å²) in [5, 5.41) is 4.93. The van der Waals surface area contributed by atoms with Crippen molar-refractivity contribution < 1.29 is 4.74 Å². The van der Waals surface area contributed by atoms with Crippen molar-refractivity contribution in [1.29, 1.82) is 0 Å². The second-order valence-corrected chi connectivity index (χ2v) is 5.59. The highest BCUT2D eigenvalue weighted by Gasteiger charge is 2.33. The van der Waals surface area contributed by atoms with Crippen LogP contribution in [0.2, 0.25) is 10.0 Å². The summed E-state index contributed by atoms with van der Waals surface area (Å²) in [5.74, 6) is 1.33. The van der Waals surface area contributed by atoms with Crippen molar-refractivity contribution in [2.24, 2.45) is 5.92 Å². The van der Waals surface area contributed by atoms with Gasteiger partial charge in [0.25, 0.3) is 0 Å². The van der Waals surface area contributed by atoms with E-state index in [-0.39, 0.29) is 0 Å². The summed E-state index contributed by atoms with van der Waals surface area (Å²) in [5.41, 5.74) is 1.10. The molecule has 1 aliphatic carbocycles. The van der Waals surface area contributed by atoms with E-state index in [1.54, 1.807) is 7.11 Å². The maximum atomic E-state index is 6.35. The largest absolute Gasteiger partial charge is 0.495 e. The standard InChI is InChI=1S/C14H19Cl2NO/c1-3-6-17-14(9-4-5-9)10-7-12(16)13(18-2)8-11(10)15/h7-9,14,17H,3-6H2,1-2H3. The first-order valence-electron chi connectivity index (χ1n) is 6.43. The van der Waals surface area contributed by atoms with Crippen molar-refractivity contribution in [3.8, 4) is 5.75 Å². The average molecular weight is 288 g/mol. The fourth-order valence-corrected chi connectivity index (χ4v) is 2.72. The SMILES string of the molecule is CCCNC(c1cc(Cl)c(OC)cc1Cl)C1CC1. The van der Waals surface area contributed by atoms with Gasteiger partial charge in [0, 0.05) is 17.1 Å². The number of benzene rings is 1. The van der Waals surface area contributed by atoms with Gasteiger partial charge >= 0.3 is 0 Å². The van der Waals surface area contributed by atoms with Gasteiger partial charge in [-0.05, 0) is 43.4 Å². The molecule has 18 heavy (non-hydrogen) atoms. The highest BCUT2D eigenvalue weighted by Crippen LogP contribution is 2.44. The molecule has 100 valence electrons. The van der Waals surface area contributed by atoms with E-state index in [1.165, 1.54) is 12.8 Å². The first-order valence-corrected chi connectivity index (χ1v) is 7.19. The minimum Gasteiger partial charge on any atom is -0.495 e. The van der Waals surface area contributed by atoms with Crippen LogP contribution < -0.4 is 10.1 Å². The summed E-state index contributed by atoms with van der Waals surface area (Å²) >= 11 is 12.5. The monoisotopic (exact) mass is 287 g/mol. The van der Waals surface area contributed by atoms with Gasteiger partial charge in [-0.15, -0.1) is 0 Å². The molecule has 1 aliphatic rings. The molecule has 1 aromatic carbocycles. The highest BCUT2D eigenvalue weighted by molar-refractivity contribution is 6.34. The van der Waals surface area contributed by atoms with E-state index in [1.807, 2.05) is 12.1 Å². The van der Waals surface area contributed by atoms with E-state index in [9.17, 15) is 0 Å². The zero-order valence-corrected chi connectivity index (χ0v) is 12.3. The lowest BCUT2D eigenvalue weighted by atomic mass is 10.0. The van der Waals surface area contributed by atoms with Crippen LogP contribution in [0.4, 0.5) is 0 Å². The molecule has 1 fully saturated rings. The smallest absolute Gasteiger partial charge is 0.138 e. The number of ether oxygens (including phenoxy) is 1. The van der Waals surface area contributed by atoms with Gasteiger partial charge in [0.05, 0.1) is 12.1 Å². The Morgan fingerprint density at radius 1 is 1.33 bits per heavy atom. The van der Waals surface area contributed by atoms with E-state index in [4.69, 9.17) is 27.9 Å². The molecule has 4 heteroatoms. The zero-order valence-electron chi connectivity index (χ0n) is 10.8. The summed E-state index contributed by atoms with van der Waals surface area (Å²) < 4.78 is 5.18. The lowest BCUT2D eigenvalue weighted by Crippen LogP contribution is -2.24. The first kappa shape index (κ1) is 14.0. The van der Waals surface area contributed by atoms with E-state index in [2.05, 4.69) is 12.2 Å². The van der Waals surface area contributed by atoms with Gasteiger partial charge in [-0.1, -0.05) is 30.1 Å². The van der Waals surface area contributed by atoms with Gasteiger partial charge in [-0.25, -0.2) is 0 Å². The molecule has 0 amide bonds. The molecule has 1 saturated carbocycles. The molecule has 1 atom stereocenters. The molecule has 0 radical (unpaired) electrons. The Balaban J connectivity index is 2.26. The quantitative estimate of drug-likeness (QED) is 0.834. The molecule has 0 aromatic heterocycles. The van der Waals surface area contributed by atoms with Crippen LogP contribution in [-0.4, -0.2) is 13.7 Å². The van der Waals surface area contributed by atoms with E-state index in [0.717, 1.165) is 23.6 Å². The molecular formula is C14H19Cl2NO. The third kappa shape index (κ3) is 3.11. The summed E-state index contributed by atoms with van der Waals surface area (Å²) in [4.78, 5) is 0. The van der Waals surface area contributed by atoms with Crippen LogP contribution >= 0.6 is 23.2 Å². The first-order chi connectivity index (χ1) is 8.67. The Labute approximate surface area is 119 Å². The number of rotatable bonds is 6. The number of nitrogens with one attached hydrogen (secondary N) is 1. The fourth-order valence-electron chi connectivity index (χ4n) is 2.20. The maximum absolute atomic E-state index is 6.35. The van der Waals surface area contributed by atoms with Crippen LogP contribution in [0.25, 0.3) is 0 Å². The Morgan fingerprint density at radius 3 is 2.61 bits per heavy atom. The Bertz CT molecular complexity index is 419. The zero-order chi connectivity index (χ0) is 13.1. The van der Waals surface area contributed by atoms with E-state index >= 15 is 0 Å². The van der Waals surface area contributed by atoms with Gasteiger partial charge in [0.15, 0.2) is 0 Å². The van der Waals surface area contributed by atoms with Gasteiger partial charge in [0.2, 0.25) is 0 Å². The van der Waals surface area contributed by atoms with Crippen molar-refractivity contribution >= 4 is 23.2 Å². The van der Waals surface area contributed by atoms with Gasteiger partial charge in [-0.2, -0.15) is 0 Å². The van der Waals surface area contributed by atoms with Crippen molar-refractivity contribution in [2.75, 3.05) is 13.7 Å². The summed E-state index contributed by atoms with van der Waals surface area (Å²) in [6.45, 7) is 3.17. The molecule has 2 nitrogen and oxygen atoms in total. The molecule has 1 aromatic rings. The molecule has 0 saturated heterocycles. The molecular weight excluding hydrogens is 269 g/mol. The van der Waals surface area contributed by atoms with Crippen LogP contribution in [0.1, 0.15) is 37.8 Å². The van der Waals surface area contributed by atoms with Crippen molar-refractivity contribution in [2.45, 2.75) is 32.2 Å². The number of hydrogen-bond acceptors (Lipinski definition) is 2. The van der Waals surface area contributed by atoms with Gasteiger partial charge in [0.1, 0.15) is 5.75 Å². The Morgan fingerprint density at radius 2 is 2.06 bits per heavy atom. The molecule has 0 spiro atoms. The predicted molar refractivity (Wildman–Crippen MR) is 76.8 cm³/mol. The summed E-state index contributed by atoms with van der Waals surface area (Å²) in [7, 11) is 1.60. The second-order valence-electron chi connectivity index (χ2n) is 4.78. The van der Waals surface area contributed by atoms with Gasteiger partial charge in [-0.3, -0.25) is 0 Å². The predicted octanol–water partition coefficient (Wildman–Crippen LogP) is 4.45. The van der Waals surface area contributed by atoms with Crippen LogP contribution in [-0.2, 0) is 0 Å². The van der Waals surface area contributed by atoms with Crippen molar-refractivity contribution in [3.63, 3.8) is 0 Å². The minimum absolute atomic E-state index is 0.320. The summed E-state index contributed by atoms with van der Waals surface area (Å²) in [6.07, 6.45) is 3.65. The topological polar surface area (TPSA) is 21.3 Å². The average Bonchev–Trinajstić information content (AvgIpc) is 3.17. The fraction of sp³-hybridized carbons (Fsp3) is 0.571. The minimum atomic E-state index is 0.320. The normalized spacial score (nSPS) is 16.7. The molecule has 1 N–H and O–H groups in total. The Hall–Kier alpha value is -0.440. The second kappa shape index (κ2) is 6.14. The number of methoxy groups -OCH3 is 1. The lowest BCUT2D eigenvalue weighted by molar-refractivity contribution is 0.414. The van der Waals surface area contributed by atoms with Gasteiger partial charge < -0.3 is 10.1 Å². The number of halogens is 2. The molecule has 0 aliphatic heterocycles. The lowest BCUT2D eigenvalue weighted by Gasteiger charge is -2.20. The molecule has 0 heterocycles. The van der Waals surface area contributed by atoms with E-state index in [0.29, 0.717) is 22.7 Å². The van der Waals surface area contributed by atoms with E-state index < -0.39 is 0 Å². The molecule has 1 unspecified atom stereocenters. The highest BCUT2D eigenvalue weighted by atomic mass is 35.5. The summed E-state index contributed by atoms with van der Waals surface area (Å²) in [6, 6.07) is 4.07. The Kier molecular flexibility index (Phi) is 4.77. The van der Waals surface area contributed by atoms with Crippen LogP contribution in [0, 0.1) is 5.92 Å². The molecule has 2 rings (SSSR count). The van der Waals surface area contributed by atoms with Crippen LogP contribution in [0.15, 0.2) is 12.1 Å². The third-order valence-corrected chi connectivity index (χ3v) is 3.94. The maximum Gasteiger partial charge on any atom is 0.138 e. The van der Waals surface area contributed by atoms with Crippen molar-refractivity contribution in [1.82, 2.24) is 5.32 Å². The third-order valence-electron chi connectivity index (χ3n) is 3.31.